The Labute approximate surface area is 140 Å². The molecule has 4 nitrogen and oxygen atoms in total. The predicted molar refractivity (Wildman–Crippen MR) is 88.4 cm³/mol. The van der Waals surface area contributed by atoms with Crippen molar-refractivity contribution in [1.82, 2.24) is 10.6 Å². The largest absolute Gasteiger partial charge is 0.352 e. The van der Waals surface area contributed by atoms with Crippen molar-refractivity contribution in [1.29, 1.82) is 0 Å². The smallest absolute Gasteiger partial charge is 0.253 e. The molecule has 1 aromatic carbocycles. The van der Waals surface area contributed by atoms with Crippen LogP contribution in [0.1, 0.15) is 49.4 Å². The van der Waals surface area contributed by atoms with Crippen LogP contribution in [-0.4, -0.2) is 23.9 Å². The average molecular weight is 343 g/mol. The summed E-state index contributed by atoms with van der Waals surface area (Å²) >= 11 is 11.8. The maximum atomic E-state index is 12.2. The molecule has 2 amide bonds. The molecule has 120 valence electrons. The first-order valence-electron chi connectivity index (χ1n) is 7.53. The van der Waals surface area contributed by atoms with Crippen molar-refractivity contribution in [3.63, 3.8) is 0 Å². The summed E-state index contributed by atoms with van der Waals surface area (Å²) in [7, 11) is 0. The van der Waals surface area contributed by atoms with E-state index in [1.165, 1.54) is 12.5 Å². The van der Waals surface area contributed by atoms with Crippen LogP contribution in [0.3, 0.4) is 0 Å². The Morgan fingerprint density at radius 3 is 2.50 bits per heavy atom. The van der Waals surface area contributed by atoms with Crippen molar-refractivity contribution in [2.24, 2.45) is 0 Å². The molecule has 1 saturated carbocycles. The average Bonchev–Trinajstić information content (AvgIpc) is 2.47. The second-order valence-electron chi connectivity index (χ2n) is 5.66. The van der Waals surface area contributed by atoms with E-state index in [-0.39, 0.29) is 22.9 Å². The van der Waals surface area contributed by atoms with Gasteiger partial charge in [0.1, 0.15) is 6.04 Å². The van der Waals surface area contributed by atoms with Gasteiger partial charge in [-0.05, 0) is 38.0 Å². The van der Waals surface area contributed by atoms with E-state index in [1.807, 2.05) is 0 Å². The summed E-state index contributed by atoms with van der Waals surface area (Å²) in [6.45, 7) is 1.67. The Morgan fingerprint density at radius 1 is 1.18 bits per heavy atom. The van der Waals surface area contributed by atoms with Crippen LogP contribution in [0.4, 0.5) is 0 Å². The molecule has 2 N–H and O–H groups in total. The molecular weight excluding hydrogens is 323 g/mol. The Morgan fingerprint density at radius 2 is 1.86 bits per heavy atom. The van der Waals surface area contributed by atoms with Gasteiger partial charge < -0.3 is 10.6 Å². The van der Waals surface area contributed by atoms with Crippen molar-refractivity contribution in [2.45, 2.75) is 51.1 Å². The maximum Gasteiger partial charge on any atom is 0.253 e. The van der Waals surface area contributed by atoms with Crippen LogP contribution in [-0.2, 0) is 4.79 Å². The molecule has 6 heteroatoms. The van der Waals surface area contributed by atoms with Gasteiger partial charge >= 0.3 is 0 Å². The Hall–Kier alpha value is -1.26. The first-order chi connectivity index (χ1) is 10.5. The van der Waals surface area contributed by atoms with Crippen LogP contribution >= 0.6 is 23.2 Å². The summed E-state index contributed by atoms with van der Waals surface area (Å²) in [6, 6.07) is 4.26. The van der Waals surface area contributed by atoms with Gasteiger partial charge in [0.15, 0.2) is 0 Å². The zero-order chi connectivity index (χ0) is 16.1. The lowest BCUT2D eigenvalue weighted by atomic mass is 9.95. The van der Waals surface area contributed by atoms with Gasteiger partial charge in [-0.1, -0.05) is 42.5 Å². The van der Waals surface area contributed by atoms with Crippen LogP contribution in [0.5, 0.6) is 0 Å². The van der Waals surface area contributed by atoms with Gasteiger partial charge in [-0.3, -0.25) is 9.59 Å². The SMILES string of the molecule is CC(NC(=O)c1ccc(Cl)cc1Cl)C(=O)NC1CCCCC1. The van der Waals surface area contributed by atoms with E-state index in [0.717, 1.165) is 25.7 Å². The van der Waals surface area contributed by atoms with Gasteiger partial charge in [-0.2, -0.15) is 0 Å². The highest BCUT2D eigenvalue weighted by atomic mass is 35.5. The van der Waals surface area contributed by atoms with Gasteiger partial charge in [0.2, 0.25) is 5.91 Å². The summed E-state index contributed by atoms with van der Waals surface area (Å²) in [6.07, 6.45) is 5.54. The highest BCUT2D eigenvalue weighted by Crippen LogP contribution is 2.21. The Kier molecular flexibility index (Phi) is 6.09. The molecule has 0 saturated heterocycles. The first kappa shape index (κ1) is 17.1. The fraction of sp³-hybridized carbons (Fsp3) is 0.500. The molecule has 1 aliphatic rings. The number of carbonyl (C=O) groups is 2. The zero-order valence-corrected chi connectivity index (χ0v) is 14.0. The highest BCUT2D eigenvalue weighted by molar-refractivity contribution is 6.36. The number of benzene rings is 1. The number of hydrogen-bond acceptors (Lipinski definition) is 2. The third-order valence-corrected chi connectivity index (χ3v) is 4.42. The van der Waals surface area contributed by atoms with Crippen molar-refractivity contribution in [3.8, 4) is 0 Å². The van der Waals surface area contributed by atoms with Crippen LogP contribution in [0, 0.1) is 0 Å². The lowest BCUT2D eigenvalue weighted by molar-refractivity contribution is -0.123. The van der Waals surface area contributed by atoms with Crippen LogP contribution in [0.25, 0.3) is 0 Å². The molecule has 1 atom stereocenters. The number of nitrogens with one attached hydrogen (secondary N) is 2. The van der Waals surface area contributed by atoms with E-state index in [2.05, 4.69) is 10.6 Å². The first-order valence-corrected chi connectivity index (χ1v) is 8.29. The minimum absolute atomic E-state index is 0.162. The zero-order valence-electron chi connectivity index (χ0n) is 12.5. The lowest BCUT2D eigenvalue weighted by Gasteiger charge is -2.24. The summed E-state index contributed by atoms with van der Waals surface area (Å²) in [5.74, 6) is -0.543. The molecule has 22 heavy (non-hydrogen) atoms. The Bertz CT molecular complexity index is 557. The molecule has 0 aliphatic heterocycles. The van der Waals surface area contributed by atoms with Crippen molar-refractivity contribution in [3.05, 3.63) is 33.8 Å². The van der Waals surface area contributed by atoms with E-state index < -0.39 is 6.04 Å². The van der Waals surface area contributed by atoms with E-state index in [4.69, 9.17) is 23.2 Å². The second kappa shape index (κ2) is 7.84. The quantitative estimate of drug-likeness (QED) is 0.878. The van der Waals surface area contributed by atoms with Gasteiger partial charge in [0.05, 0.1) is 10.6 Å². The van der Waals surface area contributed by atoms with Crippen LogP contribution < -0.4 is 10.6 Å². The van der Waals surface area contributed by atoms with E-state index in [9.17, 15) is 9.59 Å². The van der Waals surface area contributed by atoms with Gasteiger partial charge in [0.25, 0.3) is 5.91 Å². The number of amides is 2. The molecule has 0 bridgehead atoms. The minimum Gasteiger partial charge on any atom is -0.352 e. The van der Waals surface area contributed by atoms with Crippen LogP contribution in [0.2, 0.25) is 10.0 Å². The third kappa shape index (κ3) is 4.62. The van der Waals surface area contributed by atoms with Crippen molar-refractivity contribution >= 4 is 35.0 Å². The fourth-order valence-electron chi connectivity index (χ4n) is 2.59. The summed E-state index contributed by atoms with van der Waals surface area (Å²) in [4.78, 5) is 24.3. The number of halogens is 2. The number of rotatable bonds is 4. The van der Waals surface area contributed by atoms with Crippen molar-refractivity contribution < 1.29 is 9.59 Å². The molecule has 0 spiro atoms. The van der Waals surface area contributed by atoms with Gasteiger partial charge in [0, 0.05) is 11.1 Å². The predicted octanol–water partition coefficient (Wildman–Crippen LogP) is 3.56. The lowest BCUT2D eigenvalue weighted by Crippen LogP contribution is -2.48. The molecule has 1 aliphatic carbocycles. The summed E-state index contributed by atoms with van der Waals surface area (Å²) in [5.41, 5.74) is 0.309. The van der Waals surface area contributed by atoms with E-state index in [0.29, 0.717) is 10.6 Å². The monoisotopic (exact) mass is 342 g/mol. The third-order valence-electron chi connectivity index (χ3n) is 3.87. The fourth-order valence-corrected chi connectivity index (χ4v) is 3.08. The van der Waals surface area contributed by atoms with E-state index >= 15 is 0 Å². The number of hydrogen-bond donors (Lipinski definition) is 2. The second-order valence-corrected chi connectivity index (χ2v) is 6.51. The molecule has 0 heterocycles. The highest BCUT2D eigenvalue weighted by Gasteiger charge is 2.22. The number of carbonyl (C=O) groups excluding carboxylic acids is 2. The maximum absolute atomic E-state index is 12.2. The molecule has 1 aromatic rings. The van der Waals surface area contributed by atoms with Crippen LogP contribution in [0.15, 0.2) is 18.2 Å². The van der Waals surface area contributed by atoms with Gasteiger partial charge in [-0.15, -0.1) is 0 Å². The summed E-state index contributed by atoms with van der Waals surface area (Å²) < 4.78 is 0. The molecule has 1 fully saturated rings. The summed E-state index contributed by atoms with van der Waals surface area (Å²) in [5, 5.41) is 6.39. The van der Waals surface area contributed by atoms with Gasteiger partial charge in [-0.25, -0.2) is 0 Å². The minimum atomic E-state index is -0.610. The standard InChI is InChI=1S/C16H20Cl2N2O2/c1-10(15(21)20-12-5-3-2-4-6-12)19-16(22)13-8-7-11(17)9-14(13)18/h7-10,12H,2-6H2,1H3,(H,19,22)(H,20,21). The normalized spacial score (nSPS) is 16.9. The molecule has 2 rings (SSSR count). The van der Waals surface area contributed by atoms with Crippen molar-refractivity contribution in [2.75, 3.05) is 0 Å². The molecule has 0 aromatic heterocycles. The van der Waals surface area contributed by atoms with E-state index in [1.54, 1.807) is 19.1 Å². The molecular formula is C16H20Cl2N2O2. The molecule has 1 unspecified atom stereocenters. The molecule has 0 radical (unpaired) electrons. The Balaban J connectivity index is 1.91. The topological polar surface area (TPSA) is 58.2 Å².